The quantitative estimate of drug-likeness (QED) is 0.936. The minimum absolute atomic E-state index is 0.406. The van der Waals surface area contributed by atoms with Crippen molar-refractivity contribution in [2.24, 2.45) is 0 Å². The van der Waals surface area contributed by atoms with E-state index in [1.807, 2.05) is 29.6 Å². The highest BCUT2D eigenvalue weighted by Gasteiger charge is 2.08. The molecule has 0 bridgehead atoms. The molecule has 0 aliphatic heterocycles. The first kappa shape index (κ1) is 11.8. The summed E-state index contributed by atoms with van der Waals surface area (Å²) in [6.45, 7) is 0. The third-order valence-electron chi connectivity index (χ3n) is 2.37. The third-order valence-corrected chi connectivity index (χ3v) is 3.74. The lowest BCUT2D eigenvalue weighted by Crippen LogP contribution is -1.99. The van der Waals surface area contributed by atoms with Crippen LogP contribution in [0.3, 0.4) is 0 Å². The molecule has 84 valence electrons. The van der Waals surface area contributed by atoms with Gasteiger partial charge < -0.3 is 5.11 Å². The molecule has 2 nitrogen and oxygen atoms in total. The number of benzene rings is 1. The smallest absolute Gasteiger partial charge is 0.0925 e. The van der Waals surface area contributed by atoms with Gasteiger partial charge in [-0.25, -0.2) is 4.98 Å². The largest absolute Gasteiger partial charge is 0.388 e. The summed E-state index contributed by atoms with van der Waals surface area (Å²) in [6, 6.07) is 7.77. The highest BCUT2D eigenvalue weighted by Crippen LogP contribution is 2.21. The zero-order valence-corrected chi connectivity index (χ0v) is 11.0. The molecular formula is C12H12BrNOS. The molecule has 4 heteroatoms. The minimum Gasteiger partial charge on any atom is -0.388 e. The fourth-order valence-corrected chi connectivity index (χ4v) is 2.39. The maximum atomic E-state index is 9.97. The van der Waals surface area contributed by atoms with Crippen LogP contribution in [0.2, 0.25) is 0 Å². The van der Waals surface area contributed by atoms with Crippen molar-refractivity contribution in [3.8, 4) is 0 Å². The van der Waals surface area contributed by atoms with E-state index in [9.17, 15) is 5.11 Å². The molecule has 0 saturated carbocycles. The van der Waals surface area contributed by atoms with Crippen molar-refractivity contribution < 1.29 is 5.11 Å². The Kier molecular flexibility index (Phi) is 4.09. The van der Waals surface area contributed by atoms with Crippen LogP contribution in [-0.2, 0) is 6.42 Å². The Balaban J connectivity index is 1.93. The minimum atomic E-state index is -0.406. The van der Waals surface area contributed by atoms with E-state index in [1.165, 1.54) is 0 Å². The van der Waals surface area contributed by atoms with Crippen LogP contribution in [0.1, 0.15) is 23.1 Å². The summed E-state index contributed by atoms with van der Waals surface area (Å²) in [6.07, 6.45) is 2.94. The molecule has 1 heterocycles. The van der Waals surface area contributed by atoms with Gasteiger partial charge in [0.05, 0.1) is 11.1 Å². The van der Waals surface area contributed by atoms with Crippen molar-refractivity contribution in [2.45, 2.75) is 18.9 Å². The van der Waals surface area contributed by atoms with E-state index in [0.717, 1.165) is 27.9 Å². The average molecular weight is 298 g/mol. The molecule has 1 N–H and O–H groups in total. The average Bonchev–Trinajstić information content (AvgIpc) is 2.80. The van der Waals surface area contributed by atoms with Gasteiger partial charge in [0.25, 0.3) is 0 Å². The number of halogens is 1. The Morgan fingerprint density at radius 2 is 2.06 bits per heavy atom. The Morgan fingerprint density at radius 1 is 1.31 bits per heavy atom. The van der Waals surface area contributed by atoms with E-state index in [-0.39, 0.29) is 0 Å². The van der Waals surface area contributed by atoms with Crippen LogP contribution < -0.4 is 0 Å². The van der Waals surface area contributed by atoms with Crippen LogP contribution in [0.4, 0.5) is 0 Å². The number of rotatable bonds is 4. The predicted octanol–water partition coefficient (Wildman–Crippen LogP) is 3.57. The summed E-state index contributed by atoms with van der Waals surface area (Å²) in [4.78, 5) is 4.20. The number of aliphatic hydroxyl groups is 1. The van der Waals surface area contributed by atoms with Gasteiger partial charge in [0.1, 0.15) is 0 Å². The van der Waals surface area contributed by atoms with Gasteiger partial charge in [-0.15, -0.1) is 11.3 Å². The lowest BCUT2D eigenvalue weighted by molar-refractivity contribution is 0.168. The van der Waals surface area contributed by atoms with Gasteiger partial charge in [-0.3, -0.25) is 0 Å². The van der Waals surface area contributed by atoms with Crippen LogP contribution in [-0.4, -0.2) is 10.1 Å². The Bertz CT molecular complexity index is 427. The summed E-state index contributed by atoms with van der Waals surface area (Å²) in [5.74, 6) is 0. The Morgan fingerprint density at radius 3 is 2.69 bits per heavy atom. The van der Waals surface area contributed by atoms with E-state index < -0.39 is 6.10 Å². The van der Waals surface area contributed by atoms with Gasteiger partial charge in [-0.2, -0.15) is 0 Å². The number of aromatic nitrogens is 1. The van der Waals surface area contributed by atoms with Crippen LogP contribution in [0.25, 0.3) is 0 Å². The summed E-state index contributed by atoms with van der Waals surface area (Å²) in [7, 11) is 0. The number of hydrogen-bond acceptors (Lipinski definition) is 3. The molecule has 0 aliphatic carbocycles. The molecule has 0 fully saturated rings. The lowest BCUT2D eigenvalue weighted by atomic mass is 10.1. The van der Waals surface area contributed by atoms with E-state index in [2.05, 4.69) is 20.9 Å². The van der Waals surface area contributed by atoms with Gasteiger partial charge >= 0.3 is 0 Å². The Hall–Kier alpha value is -0.710. The summed E-state index contributed by atoms with van der Waals surface area (Å²) >= 11 is 5.01. The monoisotopic (exact) mass is 297 g/mol. The molecule has 0 radical (unpaired) electrons. The maximum absolute atomic E-state index is 9.97. The van der Waals surface area contributed by atoms with Crippen LogP contribution in [0.15, 0.2) is 40.3 Å². The molecule has 0 aliphatic rings. The molecule has 2 rings (SSSR count). The van der Waals surface area contributed by atoms with Crippen molar-refractivity contribution in [1.29, 1.82) is 0 Å². The zero-order valence-electron chi connectivity index (χ0n) is 8.64. The van der Waals surface area contributed by atoms with Gasteiger partial charge in [-0.05, 0) is 24.1 Å². The van der Waals surface area contributed by atoms with E-state index in [4.69, 9.17) is 0 Å². The van der Waals surface area contributed by atoms with E-state index in [1.54, 1.807) is 17.5 Å². The second-order valence-corrected chi connectivity index (χ2v) is 5.43. The first-order chi connectivity index (χ1) is 7.75. The second kappa shape index (κ2) is 5.57. The molecule has 2 aromatic rings. The topological polar surface area (TPSA) is 33.1 Å². The number of aliphatic hydroxyl groups excluding tert-OH is 1. The summed E-state index contributed by atoms with van der Waals surface area (Å²) < 4.78 is 1.03. The van der Waals surface area contributed by atoms with Crippen LogP contribution in [0.5, 0.6) is 0 Å². The zero-order chi connectivity index (χ0) is 11.4. The third kappa shape index (κ3) is 3.14. The second-order valence-electron chi connectivity index (χ2n) is 3.53. The first-order valence-electron chi connectivity index (χ1n) is 5.07. The van der Waals surface area contributed by atoms with Gasteiger partial charge in [0.2, 0.25) is 0 Å². The maximum Gasteiger partial charge on any atom is 0.0925 e. The van der Waals surface area contributed by atoms with Gasteiger partial charge in [0.15, 0.2) is 0 Å². The number of thiazole rings is 1. The molecule has 0 amide bonds. The van der Waals surface area contributed by atoms with Crippen LogP contribution >= 0.6 is 27.3 Å². The van der Waals surface area contributed by atoms with Crippen molar-refractivity contribution in [3.63, 3.8) is 0 Å². The fourth-order valence-electron chi connectivity index (χ4n) is 1.49. The molecule has 1 unspecified atom stereocenters. The van der Waals surface area contributed by atoms with Crippen molar-refractivity contribution in [3.05, 3.63) is 50.9 Å². The number of nitrogens with zero attached hydrogens (tertiary/aromatic N) is 1. The molecule has 1 aromatic carbocycles. The molecule has 16 heavy (non-hydrogen) atoms. The molecule has 1 aromatic heterocycles. The normalized spacial score (nSPS) is 12.6. The van der Waals surface area contributed by atoms with Crippen molar-refractivity contribution in [2.75, 3.05) is 0 Å². The van der Waals surface area contributed by atoms with E-state index >= 15 is 0 Å². The van der Waals surface area contributed by atoms with E-state index in [0.29, 0.717) is 0 Å². The standard InChI is InChI=1S/C12H12BrNOS/c13-10-3-1-9(2-4-10)11(15)5-6-12-14-7-8-16-12/h1-4,7-8,11,15H,5-6H2. The summed E-state index contributed by atoms with van der Waals surface area (Å²) in [5.41, 5.74) is 0.958. The van der Waals surface area contributed by atoms with Gasteiger partial charge in [0, 0.05) is 22.5 Å². The molecule has 0 spiro atoms. The Labute approximate surface area is 107 Å². The predicted molar refractivity (Wildman–Crippen MR) is 69.5 cm³/mol. The SMILES string of the molecule is OC(CCc1nccs1)c1ccc(Br)cc1. The fraction of sp³-hybridized carbons (Fsp3) is 0.250. The number of hydrogen-bond donors (Lipinski definition) is 1. The van der Waals surface area contributed by atoms with Crippen LogP contribution in [0, 0.1) is 0 Å². The van der Waals surface area contributed by atoms with Gasteiger partial charge in [-0.1, -0.05) is 28.1 Å². The van der Waals surface area contributed by atoms with Crippen molar-refractivity contribution >= 4 is 27.3 Å². The highest BCUT2D eigenvalue weighted by molar-refractivity contribution is 9.10. The number of aryl methyl sites for hydroxylation is 1. The lowest BCUT2D eigenvalue weighted by Gasteiger charge is -2.09. The first-order valence-corrected chi connectivity index (χ1v) is 6.75. The highest BCUT2D eigenvalue weighted by atomic mass is 79.9. The summed E-state index contributed by atoms with van der Waals surface area (Å²) in [5, 5.41) is 13.0. The molecule has 0 saturated heterocycles. The molecular weight excluding hydrogens is 286 g/mol. The van der Waals surface area contributed by atoms with Crippen molar-refractivity contribution in [1.82, 2.24) is 4.98 Å². The molecule has 1 atom stereocenters.